The highest BCUT2D eigenvalue weighted by Crippen LogP contribution is 2.22. The topological polar surface area (TPSA) is 62.1 Å². The Labute approximate surface area is 113 Å². The van der Waals surface area contributed by atoms with Gasteiger partial charge in [0, 0.05) is 35.9 Å². The molecule has 19 heavy (non-hydrogen) atoms. The zero-order valence-corrected chi connectivity index (χ0v) is 11.7. The van der Waals surface area contributed by atoms with Crippen LogP contribution < -0.4 is 5.73 Å². The number of hydrogen-bond acceptors (Lipinski definition) is 2. The van der Waals surface area contributed by atoms with Crippen LogP contribution in [0.25, 0.3) is 10.9 Å². The number of H-pyrrole nitrogens is 1. The summed E-state index contributed by atoms with van der Waals surface area (Å²) in [5, 5.41) is 0.928. The van der Waals surface area contributed by atoms with Crippen LogP contribution in [0.15, 0.2) is 24.4 Å². The minimum atomic E-state index is 0.0599. The van der Waals surface area contributed by atoms with Crippen LogP contribution in [-0.2, 0) is 0 Å². The summed E-state index contributed by atoms with van der Waals surface area (Å²) in [5.74, 6) is 0.0599. The molecule has 0 aliphatic carbocycles. The molecule has 102 valence electrons. The number of nitrogens with one attached hydrogen (secondary N) is 1. The average Bonchev–Trinajstić information content (AvgIpc) is 2.81. The van der Waals surface area contributed by atoms with Crippen LogP contribution in [0.5, 0.6) is 0 Å². The summed E-state index contributed by atoms with van der Waals surface area (Å²) in [6.45, 7) is 4.21. The Balaban J connectivity index is 2.36. The van der Waals surface area contributed by atoms with Crippen molar-refractivity contribution >= 4 is 22.5 Å². The summed E-state index contributed by atoms with van der Waals surface area (Å²) in [7, 11) is 1.87. The summed E-state index contributed by atoms with van der Waals surface area (Å²) >= 11 is 0. The van der Waals surface area contributed by atoms with Gasteiger partial charge >= 0.3 is 0 Å². The lowest BCUT2D eigenvalue weighted by atomic mass is 10.1. The molecule has 4 nitrogen and oxygen atoms in total. The number of nitrogens with zero attached hydrogens (tertiary/aromatic N) is 1. The Hall–Kier alpha value is -1.97. The lowest BCUT2D eigenvalue weighted by Crippen LogP contribution is -2.36. The van der Waals surface area contributed by atoms with Crippen molar-refractivity contribution in [3.8, 4) is 0 Å². The quantitative estimate of drug-likeness (QED) is 0.829. The van der Waals surface area contributed by atoms with E-state index in [9.17, 15) is 4.79 Å². The number of anilines is 1. The fraction of sp³-hybridized carbons (Fsp3) is 0.400. The number of benzene rings is 1. The monoisotopic (exact) mass is 259 g/mol. The molecule has 0 saturated heterocycles. The Morgan fingerprint density at radius 2 is 2.05 bits per heavy atom. The standard InChI is InChI=1S/C15H21N3O/c1-4-11(5-2)18(3)15(19)13-9-17-14-8-10(16)6-7-12(13)14/h6-9,11,17H,4-5,16H2,1-3H3. The smallest absolute Gasteiger partial charge is 0.256 e. The predicted molar refractivity (Wildman–Crippen MR) is 79.2 cm³/mol. The molecular formula is C15H21N3O. The maximum absolute atomic E-state index is 12.5. The molecule has 2 rings (SSSR count). The van der Waals surface area contributed by atoms with Crippen LogP contribution in [-0.4, -0.2) is 28.9 Å². The number of aromatic nitrogens is 1. The highest BCUT2D eigenvalue weighted by Gasteiger charge is 2.20. The highest BCUT2D eigenvalue weighted by molar-refractivity contribution is 6.07. The molecule has 0 spiro atoms. The predicted octanol–water partition coefficient (Wildman–Crippen LogP) is 3.01. The number of fused-ring (bicyclic) bond motifs is 1. The highest BCUT2D eigenvalue weighted by atomic mass is 16.2. The number of hydrogen-bond donors (Lipinski definition) is 2. The lowest BCUT2D eigenvalue weighted by molar-refractivity contribution is 0.0726. The second-order valence-corrected chi connectivity index (χ2v) is 4.89. The van der Waals surface area contributed by atoms with E-state index in [1.165, 1.54) is 0 Å². The number of nitrogen functional groups attached to an aromatic ring is 1. The van der Waals surface area contributed by atoms with Crippen LogP contribution >= 0.6 is 0 Å². The van der Waals surface area contributed by atoms with Gasteiger partial charge in [0.15, 0.2) is 0 Å². The number of carbonyl (C=O) groups excluding carboxylic acids is 1. The number of rotatable bonds is 4. The zero-order valence-electron chi connectivity index (χ0n) is 11.7. The molecule has 0 fully saturated rings. The summed E-state index contributed by atoms with van der Waals surface area (Å²) in [6, 6.07) is 5.86. The van der Waals surface area contributed by atoms with E-state index in [1.807, 2.05) is 30.1 Å². The third-order valence-electron chi connectivity index (χ3n) is 3.75. The molecule has 0 radical (unpaired) electrons. The van der Waals surface area contributed by atoms with E-state index >= 15 is 0 Å². The van der Waals surface area contributed by atoms with Gasteiger partial charge in [0.25, 0.3) is 5.91 Å². The Morgan fingerprint density at radius 1 is 1.37 bits per heavy atom. The molecule has 3 N–H and O–H groups in total. The summed E-state index contributed by atoms with van der Waals surface area (Å²) in [4.78, 5) is 17.5. The molecule has 0 atom stereocenters. The van der Waals surface area contributed by atoms with E-state index in [1.54, 1.807) is 6.20 Å². The largest absolute Gasteiger partial charge is 0.399 e. The molecular weight excluding hydrogens is 238 g/mol. The SMILES string of the molecule is CCC(CC)N(C)C(=O)c1c[nH]c2cc(N)ccc12. The maximum atomic E-state index is 12.5. The molecule has 1 aromatic carbocycles. The van der Waals surface area contributed by atoms with Crippen LogP contribution in [0.3, 0.4) is 0 Å². The molecule has 0 saturated carbocycles. The van der Waals surface area contributed by atoms with Crippen molar-refractivity contribution in [1.82, 2.24) is 9.88 Å². The first-order valence-corrected chi connectivity index (χ1v) is 6.72. The van der Waals surface area contributed by atoms with Crippen LogP contribution in [0.4, 0.5) is 5.69 Å². The molecule has 1 amide bonds. The van der Waals surface area contributed by atoms with E-state index in [0.29, 0.717) is 11.3 Å². The number of aromatic amines is 1. The van der Waals surface area contributed by atoms with Gasteiger partial charge < -0.3 is 15.6 Å². The van der Waals surface area contributed by atoms with Gasteiger partial charge in [-0.2, -0.15) is 0 Å². The van der Waals surface area contributed by atoms with Crippen LogP contribution in [0.1, 0.15) is 37.0 Å². The lowest BCUT2D eigenvalue weighted by Gasteiger charge is -2.26. The molecule has 4 heteroatoms. The van der Waals surface area contributed by atoms with E-state index < -0.39 is 0 Å². The second-order valence-electron chi connectivity index (χ2n) is 4.89. The van der Waals surface area contributed by atoms with Gasteiger partial charge in [0.2, 0.25) is 0 Å². The fourth-order valence-electron chi connectivity index (χ4n) is 2.51. The summed E-state index contributed by atoms with van der Waals surface area (Å²) in [6.07, 6.45) is 3.70. The summed E-state index contributed by atoms with van der Waals surface area (Å²) < 4.78 is 0. The normalized spacial score (nSPS) is 11.2. The minimum Gasteiger partial charge on any atom is -0.399 e. The molecule has 0 bridgehead atoms. The molecule has 0 aliphatic heterocycles. The van der Waals surface area contributed by atoms with Crippen molar-refractivity contribution in [3.63, 3.8) is 0 Å². The van der Waals surface area contributed by atoms with Gasteiger partial charge in [-0.15, -0.1) is 0 Å². The first-order valence-electron chi connectivity index (χ1n) is 6.72. The van der Waals surface area contributed by atoms with Crippen LogP contribution in [0, 0.1) is 0 Å². The Kier molecular flexibility index (Phi) is 3.79. The van der Waals surface area contributed by atoms with Gasteiger partial charge in [-0.25, -0.2) is 0 Å². The number of carbonyl (C=O) groups is 1. The van der Waals surface area contributed by atoms with Crippen molar-refractivity contribution in [2.24, 2.45) is 0 Å². The van der Waals surface area contributed by atoms with Gasteiger partial charge in [0.05, 0.1) is 5.56 Å². The molecule has 0 unspecified atom stereocenters. The molecule has 1 heterocycles. The third-order valence-corrected chi connectivity index (χ3v) is 3.75. The van der Waals surface area contributed by atoms with Crippen molar-refractivity contribution in [2.75, 3.05) is 12.8 Å². The van der Waals surface area contributed by atoms with Crippen molar-refractivity contribution in [3.05, 3.63) is 30.0 Å². The third kappa shape index (κ3) is 2.43. The van der Waals surface area contributed by atoms with E-state index in [-0.39, 0.29) is 11.9 Å². The molecule has 2 aromatic rings. The van der Waals surface area contributed by atoms with Crippen molar-refractivity contribution in [1.29, 1.82) is 0 Å². The van der Waals surface area contributed by atoms with Crippen molar-refractivity contribution in [2.45, 2.75) is 32.7 Å². The van der Waals surface area contributed by atoms with E-state index in [2.05, 4.69) is 18.8 Å². The average molecular weight is 259 g/mol. The molecule has 0 aliphatic rings. The van der Waals surface area contributed by atoms with Crippen molar-refractivity contribution < 1.29 is 4.79 Å². The van der Waals surface area contributed by atoms with E-state index in [0.717, 1.165) is 23.7 Å². The van der Waals surface area contributed by atoms with Gasteiger partial charge in [0.1, 0.15) is 0 Å². The maximum Gasteiger partial charge on any atom is 0.256 e. The van der Waals surface area contributed by atoms with Gasteiger partial charge in [-0.1, -0.05) is 13.8 Å². The van der Waals surface area contributed by atoms with Crippen LogP contribution in [0.2, 0.25) is 0 Å². The van der Waals surface area contributed by atoms with Gasteiger partial charge in [-0.05, 0) is 31.0 Å². The van der Waals surface area contributed by atoms with E-state index in [4.69, 9.17) is 5.73 Å². The Bertz CT molecular complexity index is 584. The number of amides is 1. The minimum absolute atomic E-state index is 0.0599. The first kappa shape index (κ1) is 13.5. The van der Waals surface area contributed by atoms with Gasteiger partial charge in [-0.3, -0.25) is 4.79 Å². The Morgan fingerprint density at radius 3 is 2.68 bits per heavy atom. The first-order chi connectivity index (χ1) is 9.08. The number of nitrogens with two attached hydrogens (primary N) is 1. The second kappa shape index (κ2) is 5.34. The summed E-state index contributed by atoms with van der Waals surface area (Å²) in [5.41, 5.74) is 8.06. The zero-order chi connectivity index (χ0) is 14.0. The fourth-order valence-corrected chi connectivity index (χ4v) is 2.51. The molecule has 1 aromatic heterocycles.